The molecule has 3 rings (SSSR count). The third-order valence-corrected chi connectivity index (χ3v) is 5.18. The highest BCUT2D eigenvalue weighted by Crippen LogP contribution is 2.33. The Bertz CT molecular complexity index is 663. The zero-order valence-corrected chi connectivity index (χ0v) is 16.9. The number of likely N-dealkylation sites (tertiary alicyclic amines) is 1. The van der Waals surface area contributed by atoms with Crippen LogP contribution in [0.1, 0.15) is 30.5 Å². The zero-order valence-electron chi connectivity index (χ0n) is 15.3. The first-order chi connectivity index (χ1) is 11.6. The minimum absolute atomic E-state index is 0. The van der Waals surface area contributed by atoms with Gasteiger partial charge in [0.1, 0.15) is 11.9 Å². The zero-order chi connectivity index (χ0) is 17.1. The van der Waals surface area contributed by atoms with Gasteiger partial charge in [0.25, 0.3) is 0 Å². The molecule has 1 aromatic rings. The summed E-state index contributed by atoms with van der Waals surface area (Å²) < 4.78 is 0. The van der Waals surface area contributed by atoms with Crippen molar-refractivity contribution in [3.8, 4) is 6.07 Å². The Morgan fingerprint density at radius 1 is 1.35 bits per heavy atom. The lowest BCUT2D eigenvalue weighted by Gasteiger charge is -2.47. The standard InChI is InChI=1S/C18H25N5O.2ClH/c1-13-3-4-14(11-19)18(21-13)22-9-7-16-15(12-22)5-6-17(24)23(16)10-8-20-2;;/h3-4,15-16,20H,5-10,12H2,1-2H3;2*1H/t15-,16+;;/m0../s1. The maximum absolute atomic E-state index is 12.3. The Balaban J connectivity index is 0.00000169. The van der Waals surface area contributed by atoms with Gasteiger partial charge in [0.2, 0.25) is 5.91 Å². The van der Waals surface area contributed by atoms with Crippen LogP contribution in [0, 0.1) is 24.2 Å². The smallest absolute Gasteiger partial charge is 0.222 e. The largest absolute Gasteiger partial charge is 0.355 e. The molecule has 1 aromatic heterocycles. The van der Waals surface area contributed by atoms with E-state index >= 15 is 0 Å². The summed E-state index contributed by atoms with van der Waals surface area (Å²) in [5, 5.41) is 12.5. The van der Waals surface area contributed by atoms with Gasteiger partial charge in [-0.2, -0.15) is 5.26 Å². The first kappa shape index (κ1) is 22.5. The molecule has 2 aliphatic rings. The van der Waals surface area contributed by atoms with Crippen molar-refractivity contribution >= 4 is 36.5 Å². The van der Waals surface area contributed by atoms with Gasteiger partial charge in [-0.15, -0.1) is 24.8 Å². The second kappa shape index (κ2) is 9.96. The fourth-order valence-electron chi connectivity index (χ4n) is 3.94. The minimum atomic E-state index is 0. The number of hydrogen-bond donors (Lipinski definition) is 1. The molecule has 0 saturated carbocycles. The van der Waals surface area contributed by atoms with Gasteiger partial charge >= 0.3 is 0 Å². The Labute approximate surface area is 167 Å². The highest BCUT2D eigenvalue weighted by Gasteiger charge is 2.39. The maximum atomic E-state index is 12.3. The van der Waals surface area contributed by atoms with Crippen LogP contribution in [0.5, 0.6) is 0 Å². The lowest BCUT2D eigenvalue weighted by atomic mass is 9.83. The number of anilines is 1. The molecule has 2 atom stereocenters. The summed E-state index contributed by atoms with van der Waals surface area (Å²) in [4.78, 5) is 21.2. The third-order valence-electron chi connectivity index (χ3n) is 5.18. The molecule has 26 heavy (non-hydrogen) atoms. The van der Waals surface area contributed by atoms with Crippen LogP contribution >= 0.6 is 24.8 Å². The number of hydrogen-bond acceptors (Lipinski definition) is 5. The third kappa shape index (κ3) is 4.59. The van der Waals surface area contributed by atoms with Crippen LogP contribution in [0.25, 0.3) is 0 Å². The summed E-state index contributed by atoms with van der Waals surface area (Å²) in [6.07, 6.45) is 2.51. The van der Waals surface area contributed by atoms with Crippen LogP contribution in [0.3, 0.4) is 0 Å². The summed E-state index contributed by atoms with van der Waals surface area (Å²) in [6.45, 7) is 5.28. The monoisotopic (exact) mass is 399 g/mol. The molecular weight excluding hydrogens is 373 g/mol. The Morgan fingerprint density at radius 2 is 2.12 bits per heavy atom. The molecule has 0 aromatic carbocycles. The molecule has 3 heterocycles. The van der Waals surface area contributed by atoms with E-state index < -0.39 is 0 Å². The van der Waals surface area contributed by atoms with Crippen molar-refractivity contribution in [3.63, 3.8) is 0 Å². The predicted molar refractivity (Wildman–Crippen MR) is 107 cm³/mol. The van der Waals surface area contributed by atoms with Gasteiger partial charge in [-0.05, 0) is 44.9 Å². The summed E-state index contributed by atoms with van der Waals surface area (Å²) in [5.74, 6) is 1.54. The molecule has 6 nitrogen and oxygen atoms in total. The molecule has 0 radical (unpaired) electrons. The fraction of sp³-hybridized carbons (Fsp3) is 0.611. The minimum Gasteiger partial charge on any atom is -0.355 e. The fourth-order valence-corrected chi connectivity index (χ4v) is 3.94. The predicted octanol–water partition coefficient (Wildman–Crippen LogP) is 2.14. The maximum Gasteiger partial charge on any atom is 0.222 e. The number of nitrogens with one attached hydrogen (secondary N) is 1. The van der Waals surface area contributed by atoms with Crippen molar-refractivity contribution in [2.75, 3.05) is 38.1 Å². The number of pyridine rings is 1. The van der Waals surface area contributed by atoms with Gasteiger partial charge in [0.15, 0.2) is 0 Å². The van der Waals surface area contributed by atoms with Crippen LogP contribution in [0.2, 0.25) is 0 Å². The number of likely N-dealkylation sites (N-methyl/N-ethyl adjacent to an activating group) is 1. The number of amides is 1. The topological polar surface area (TPSA) is 72.3 Å². The van der Waals surface area contributed by atoms with Crippen molar-refractivity contribution in [2.45, 2.75) is 32.2 Å². The molecule has 8 heteroatoms. The average Bonchev–Trinajstić information content (AvgIpc) is 2.60. The van der Waals surface area contributed by atoms with Crippen molar-refractivity contribution in [1.29, 1.82) is 5.26 Å². The normalized spacial score (nSPS) is 22.0. The number of carbonyl (C=O) groups is 1. The van der Waals surface area contributed by atoms with Gasteiger partial charge < -0.3 is 15.1 Å². The molecular formula is C18H27Cl2N5O. The van der Waals surface area contributed by atoms with Crippen LogP contribution in [-0.2, 0) is 4.79 Å². The molecule has 0 aliphatic carbocycles. The molecule has 2 saturated heterocycles. The van der Waals surface area contributed by atoms with E-state index in [2.05, 4.69) is 26.2 Å². The lowest BCUT2D eigenvalue weighted by molar-refractivity contribution is -0.139. The van der Waals surface area contributed by atoms with Crippen molar-refractivity contribution in [1.82, 2.24) is 15.2 Å². The van der Waals surface area contributed by atoms with Crippen LogP contribution in [0.15, 0.2) is 12.1 Å². The molecule has 144 valence electrons. The van der Waals surface area contributed by atoms with Crippen LogP contribution < -0.4 is 10.2 Å². The summed E-state index contributed by atoms with van der Waals surface area (Å²) in [6, 6.07) is 6.32. The van der Waals surface area contributed by atoms with Crippen LogP contribution in [-0.4, -0.2) is 55.1 Å². The summed E-state index contributed by atoms with van der Waals surface area (Å²) in [7, 11) is 1.92. The number of carbonyl (C=O) groups excluding carboxylic acids is 1. The number of halogens is 2. The van der Waals surface area contributed by atoms with E-state index in [9.17, 15) is 10.1 Å². The average molecular weight is 400 g/mol. The van der Waals surface area contributed by atoms with E-state index in [0.717, 1.165) is 50.5 Å². The van der Waals surface area contributed by atoms with Gasteiger partial charge in [0, 0.05) is 44.3 Å². The molecule has 2 aliphatic heterocycles. The van der Waals surface area contributed by atoms with E-state index in [4.69, 9.17) is 0 Å². The highest BCUT2D eigenvalue weighted by atomic mass is 35.5. The van der Waals surface area contributed by atoms with Gasteiger partial charge in [0.05, 0.1) is 5.56 Å². The lowest BCUT2D eigenvalue weighted by Crippen LogP contribution is -2.57. The van der Waals surface area contributed by atoms with Crippen molar-refractivity contribution in [2.24, 2.45) is 5.92 Å². The first-order valence-electron chi connectivity index (χ1n) is 8.70. The molecule has 0 bridgehead atoms. The van der Waals surface area contributed by atoms with Crippen molar-refractivity contribution < 1.29 is 4.79 Å². The molecule has 0 spiro atoms. The summed E-state index contributed by atoms with van der Waals surface area (Å²) in [5.41, 5.74) is 1.57. The van der Waals surface area contributed by atoms with Gasteiger partial charge in [-0.1, -0.05) is 0 Å². The Kier molecular flexibility index (Phi) is 8.61. The molecule has 0 unspecified atom stereocenters. The van der Waals surface area contributed by atoms with E-state index in [1.165, 1.54) is 0 Å². The van der Waals surface area contributed by atoms with Crippen molar-refractivity contribution in [3.05, 3.63) is 23.4 Å². The number of nitriles is 1. The second-order valence-electron chi connectivity index (χ2n) is 6.73. The Morgan fingerprint density at radius 3 is 2.81 bits per heavy atom. The number of aryl methyl sites for hydroxylation is 1. The number of nitrogens with zero attached hydrogens (tertiary/aromatic N) is 4. The molecule has 2 fully saturated rings. The van der Waals surface area contributed by atoms with E-state index in [0.29, 0.717) is 23.9 Å². The summed E-state index contributed by atoms with van der Waals surface area (Å²) >= 11 is 0. The molecule has 1 N–H and O–H groups in total. The number of fused-ring (bicyclic) bond motifs is 1. The van der Waals surface area contributed by atoms with Gasteiger partial charge in [-0.3, -0.25) is 4.79 Å². The molecule has 1 amide bonds. The highest BCUT2D eigenvalue weighted by molar-refractivity contribution is 5.85. The van der Waals surface area contributed by atoms with Crippen LogP contribution in [0.4, 0.5) is 5.82 Å². The van der Waals surface area contributed by atoms with E-state index in [-0.39, 0.29) is 30.7 Å². The Hall–Kier alpha value is -1.55. The second-order valence-corrected chi connectivity index (χ2v) is 6.73. The first-order valence-corrected chi connectivity index (χ1v) is 8.70. The SMILES string of the molecule is CNCCN1C(=O)CC[C@H]2CN(c3nc(C)ccc3C#N)CC[C@H]21.Cl.Cl. The number of rotatable bonds is 4. The van der Waals surface area contributed by atoms with E-state index in [1.807, 2.05) is 26.1 Å². The van der Waals surface area contributed by atoms with Gasteiger partial charge in [-0.25, -0.2) is 4.98 Å². The number of aromatic nitrogens is 1. The number of piperidine rings is 2. The van der Waals surface area contributed by atoms with E-state index in [1.54, 1.807) is 0 Å². The quantitative estimate of drug-likeness (QED) is 0.839.